The average Bonchev–Trinajstić information content (AvgIpc) is 2.52. The number of nitrogen functional groups attached to an aromatic ring is 1. The largest absolute Gasteiger partial charge is 0.493 e. The summed E-state index contributed by atoms with van der Waals surface area (Å²) in [4.78, 5) is 11.5. The maximum Gasteiger partial charge on any atom is 0.296 e. The van der Waals surface area contributed by atoms with Gasteiger partial charge in [0.2, 0.25) is 5.88 Å². The van der Waals surface area contributed by atoms with Crippen molar-refractivity contribution >= 4 is 38.8 Å². The third kappa shape index (κ3) is 3.65. The fraction of sp³-hybridized carbons (Fsp3) is 0.214. The predicted molar refractivity (Wildman–Crippen MR) is 92.6 cm³/mol. The van der Waals surface area contributed by atoms with Gasteiger partial charge < -0.3 is 10.8 Å². The molecule has 2 rings (SSSR count). The quantitative estimate of drug-likeness (QED) is 0.418. The van der Waals surface area contributed by atoms with Gasteiger partial charge in [0.1, 0.15) is 15.6 Å². The molecule has 1 heterocycles. The van der Waals surface area contributed by atoms with Crippen molar-refractivity contribution in [2.45, 2.75) is 25.3 Å². The van der Waals surface area contributed by atoms with Crippen LogP contribution in [-0.2, 0) is 16.7 Å². The first-order chi connectivity index (χ1) is 11.6. The molecule has 0 atom stereocenters. The van der Waals surface area contributed by atoms with Crippen LogP contribution in [0.2, 0.25) is 5.02 Å². The Labute approximate surface area is 148 Å². The summed E-state index contributed by atoms with van der Waals surface area (Å²) >= 11 is 5.95. The number of pyridine rings is 1. The molecule has 11 heteroatoms. The van der Waals surface area contributed by atoms with Gasteiger partial charge in [0.05, 0.1) is 0 Å². The number of nitrogens with zero attached hydrogens (tertiary/aromatic N) is 3. The Morgan fingerprint density at radius 1 is 1.32 bits per heavy atom. The maximum atomic E-state index is 12.0. The van der Waals surface area contributed by atoms with Crippen molar-refractivity contribution in [1.82, 2.24) is 4.57 Å². The zero-order chi connectivity index (χ0) is 18.9. The SMILES string of the molecule is CCn1c(O)c(N=Nc2cc(N)ccc2S(=O)(=O)O)c(C)c(Cl)c1=O. The highest BCUT2D eigenvalue weighted by atomic mass is 35.5. The molecule has 1 aromatic heterocycles. The Balaban J connectivity index is 2.68. The van der Waals surface area contributed by atoms with E-state index >= 15 is 0 Å². The van der Waals surface area contributed by atoms with Gasteiger partial charge in [-0.25, -0.2) is 0 Å². The number of nitrogens with two attached hydrogens (primary N) is 1. The lowest BCUT2D eigenvalue weighted by molar-refractivity contribution is 0.412. The molecular formula is C14H15ClN4O5S. The van der Waals surface area contributed by atoms with Crippen LogP contribution in [-0.4, -0.2) is 22.6 Å². The number of anilines is 1. The van der Waals surface area contributed by atoms with Crippen LogP contribution in [0.15, 0.2) is 38.1 Å². The highest BCUT2D eigenvalue weighted by Crippen LogP contribution is 2.35. The van der Waals surface area contributed by atoms with Crippen LogP contribution >= 0.6 is 11.6 Å². The van der Waals surface area contributed by atoms with Crippen LogP contribution < -0.4 is 11.3 Å². The molecule has 0 saturated heterocycles. The van der Waals surface area contributed by atoms with E-state index in [0.717, 1.165) is 10.6 Å². The monoisotopic (exact) mass is 386 g/mol. The molecule has 25 heavy (non-hydrogen) atoms. The second kappa shape index (κ2) is 6.82. The number of aromatic hydroxyl groups is 1. The number of hydrogen-bond donors (Lipinski definition) is 3. The van der Waals surface area contributed by atoms with Crippen molar-refractivity contribution in [3.63, 3.8) is 0 Å². The Kier molecular flexibility index (Phi) is 5.16. The van der Waals surface area contributed by atoms with E-state index in [1.54, 1.807) is 6.92 Å². The first-order valence-electron chi connectivity index (χ1n) is 6.98. The number of aromatic nitrogens is 1. The minimum absolute atomic E-state index is 0.102. The zero-order valence-corrected chi connectivity index (χ0v) is 14.8. The number of benzene rings is 1. The van der Waals surface area contributed by atoms with E-state index in [9.17, 15) is 22.9 Å². The number of azo groups is 1. The van der Waals surface area contributed by atoms with Gasteiger partial charge in [-0.3, -0.25) is 13.9 Å². The van der Waals surface area contributed by atoms with E-state index < -0.39 is 26.5 Å². The van der Waals surface area contributed by atoms with Crippen molar-refractivity contribution in [3.8, 4) is 5.88 Å². The smallest absolute Gasteiger partial charge is 0.296 e. The van der Waals surface area contributed by atoms with Gasteiger partial charge in [-0.1, -0.05) is 11.6 Å². The molecule has 0 unspecified atom stereocenters. The Morgan fingerprint density at radius 3 is 2.52 bits per heavy atom. The van der Waals surface area contributed by atoms with E-state index in [-0.39, 0.29) is 34.2 Å². The molecule has 0 fully saturated rings. The molecule has 9 nitrogen and oxygen atoms in total. The van der Waals surface area contributed by atoms with Crippen molar-refractivity contribution in [2.24, 2.45) is 10.2 Å². The minimum atomic E-state index is -4.56. The highest BCUT2D eigenvalue weighted by Gasteiger charge is 2.19. The lowest BCUT2D eigenvalue weighted by Gasteiger charge is -2.11. The second-order valence-corrected chi connectivity index (χ2v) is 6.83. The molecule has 0 aliphatic rings. The molecule has 134 valence electrons. The molecule has 0 aliphatic carbocycles. The van der Waals surface area contributed by atoms with E-state index in [0.29, 0.717) is 0 Å². The van der Waals surface area contributed by atoms with Crippen molar-refractivity contribution in [1.29, 1.82) is 0 Å². The van der Waals surface area contributed by atoms with Crippen molar-refractivity contribution < 1.29 is 18.1 Å². The summed E-state index contributed by atoms with van der Waals surface area (Å²) in [6, 6.07) is 3.54. The molecule has 0 bridgehead atoms. The van der Waals surface area contributed by atoms with Gasteiger partial charge in [-0.05, 0) is 32.0 Å². The number of hydrogen-bond acceptors (Lipinski definition) is 7. The molecule has 0 spiro atoms. The Morgan fingerprint density at radius 2 is 1.96 bits per heavy atom. The molecule has 0 amide bonds. The van der Waals surface area contributed by atoms with E-state index in [1.165, 1.54) is 19.1 Å². The lowest BCUT2D eigenvalue weighted by Crippen LogP contribution is -2.20. The third-order valence-corrected chi connectivity index (χ3v) is 4.77. The summed E-state index contributed by atoms with van der Waals surface area (Å²) in [6.45, 7) is 3.23. The summed E-state index contributed by atoms with van der Waals surface area (Å²) in [7, 11) is -4.56. The molecule has 0 aliphatic heterocycles. The average molecular weight is 387 g/mol. The summed E-state index contributed by atoms with van der Waals surface area (Å²) in [5.74, 6) is -0.463. The molecule has 2 aromatic rings. The van der Waals surface area contributed by atoms with Crippen LogP contribution in [0.5, 0.6) is 5.88 Å². The van der Waals surface area contributed by atoms with Crippen molar-refractivity contribution in [2.75, 3.05) is 5.73 Å². The third-order valence-electron chi connectivity index (χ3n) is 3.42. The first kappa shape index (κ1) is 18.9. The molecule has 0 saturated carbocycles. The topological polar surface area (TPSA) is 147 Å². The van der Waals surface area contributed by atoms with Gasteiger partial charge >= 0.3 is 0 Å². The molecule has 1 aromatic carbocycles. The van der Waals surface area contributed by atoms with Gasteiger partial charge in [0.25, 0.3) is 15.7 Å². The van der Waals surface area contributed by atoms with Crippen LogP contribution in [0.4, 0.5) is 17.1 Å². The maximum absolute atomic E-state index is 12.0. The summed E-state index contributed by atoms with van der Waals surface area (Å²) in [5, 5.41) is 17.6. The first-order valence-corrected chi connectivity index (χ1v) is 8.80. The number of rotatable bonds is 4. The standard InChI is InChI=1S/C14H15ClN4O5S/c1-3-19-13(20)11(15)7(2)12(14(19)21)18-17-9-6-8(16)4-5-10(9)25(22,23)24/h4-6,21H,3,16H2,1-2H3,(H,22,23,24). The lowest BCUT2D eigenvalue weighted by atomic mass is 10.2. The van der Waals surface area contributed by atoms with Crippen LogP contribution in [0.25, 0.3) is 0 Å². The summed E-state index contributed by atoms with van der Waals surface area (Å²) in [5.41, 5.74) is 5.05. The summed E-state index contributed by atoms with van der Waals surface area (Å²) < 4.78 is 33.0. The minimum Gasteiger partial charge on any atom is -0.493 e. The van der Waals surface area contributed by atoms with Crippen molar-refractivity contribution in [3.05, 3.63) is 39.1 Å². The highest BCUT2D eigenvalue weighted by molar-refractivity contribution is 7.86. The van der Waals surface area contributed by atoms with E-state index in [1.807, 2.05) is 0 Å². The fourth-order valence-electron chi connectivity index (χ4n) is 2.12. The Bertz CT molecular complexity index is 1030. The fourth-order valence-corrected chi connectivity index (χ4v) is 2.92. The predicted octanol–water partition coefficient (Wildman–Crippen LogP) is 2.78. The van der Waals surface area contributed by atoms with E-state index in [2.05, 4.69) is 10.2 Å². The second-order valence-electron chi connectivity index (χ2n) is 5.06. The van der Waals surface area contributed by atoms with Gasteiger partial charge in [0.15, 0.2) is 5.69 Å². The van der Waals surface area contributed by atoms with Crippen LogP contribution in [0.1, 0.15) is 12.5 Å². The normalized spacial score (nSPS) is 12.0. The number of halogens is 1. The van der Waals surface area contributed by atoms with Gasteiger partial charge in [0, 0.05) is 17.8 Å². The van der Waals surface area contributed by atoms with Crippen LogP contribution in [0.3, 0.4) is 0 Å². The molecule has 4 N–H and O–H groups in total. The summed E-state index contributed by atoms with van der Waals surface area (Å²) in [6.07, 6.45) is 0. The molecule has 0 radical (unpaired) electrons. The molecular weight excluding hydrogens is 372 g/mol. The zero-order valence-electron chi connectivity index (χ0n) is 13.3. The van der Waals surface area contributed by atoms with Gasteiger partial charge in [-0.2, -0.15) is 8.42 Å². The van der Waals surface area contributed by atoms with Crippen LogP contribution in [0, 0.1) is 6.92 Å². The Hall–Kier alpha value is -2.43. The van der Waals surface area contributed by atoms with Gasteiger partial charge in [-0.15, -0.1) is 10.2 Å². The van der Waals surface area contributed by atoms with E-state index in [4.69, 9.17) is 17.3 Å².